The number of likely N-dealkylation sites (tertiary alicyclic amines) is 2. The van der Waals surface area contributed by atoms with Crippen molar-refractivity contribution in [1.82, 2.24) is 15.1 Å². The Morgan fingerprint density at radius 3 is 2.10 bits per heavy atom. The zero-order chi connectivity index (χ0) is 22.4. The van der Waals surface area contributed by atoms with Crippen LogP contribution in [0, 0.1) is 0 Å². The number of carbonyl (C=O) groups is 5. The van der Waals surface area contributed by atoms with Crippen molar-refractivity contribution >= 4 is 42.3 Å². The van der Waals surface area contributed by atoms with Gasteiger partial charge in [0.2, 0.25) is 17.7 Å². The van der Waals surface area contributed by atoms with Crippen molar-refractivity contribution in [2.75, 3.05) is 18.8 Å². The van der Waals surface area contributed by atoms with E-state index >= 15 is 0 Å². The molecular weight excluding hydrogens is 416 g/mol. The summed E-state index contributed by atoms with van der Waals surface area (Å²) >= 11 is 4.01. The minimum absolute atomic E-state index is 0.120. The van der Waals surface area contributed by atoms with Gasteiger partial charge in [-0.05, 0) is 32.1 Å². The van der Waals surface area contributed by atoms with E-state index in [2.05, 4.69) is 17.9 Å². The molecule has 30 heavy (non-hydrogen) atoms. The van der Waals surface area contributed by atoms with Crippen LogP contribution in [0.2, 0.25) is 0 Å². The SMILES string of the molecule is NC(CS)C(=O)N1CCCC1C(=O)NC(CCC(=O)O)C(=O)N1CCCC1C(=O)O. The molecule has 0 radical (unpaired) electrons. The van der Waals surface area contributed by atoms with Crippen LogP contribution in [0.1, 0.15) is 38.5 Å². The van der Waals surface area contributed by atoms with Crippen LogP contribution >= 0.6 is 12.6 Å². The third kappa shape index (κ3) is 5.63. The lowest BCUT2D eigenvalue weighted by Gasteiger charge is -2.30. The molecule has 2 fully saturated rings. The average molecular weight is 445 g/mol. The van der Waals surface area contributed by atoms with E-state index in [1.807, 2.05) is 0 Å². The number of aliphatic carboxylic acids is 2. The number of thiol groups is 1. The third-order valence-electron chi connectivity index (χ3n) is 5.43. The maximum absolute atomic E-state index is 12.9. The molecule has 0 aromatic carbocycles. The lowest BCUT2D eigenvalue weighted by Crippen LogP contribution is -2.56. The van der Waals surface area contributed by atoms with Crippen LogP contribution in [0.3, 0.4) is 0 Å². The Morgan fingerprint density at radius 2 is 1.57 bits per heavy atom. The average Bonchev–Trinajstić information content (AvgIpc) is 3.38. The quantitative estimate of drug-likeness (QED) is 0.272. The number of carboxylic acid groups (broad SMARTS) is 2. The first kappa shape index (κ1) is 23.9. The summed E-state index contributed by atoms with van der Waals surface area (Å²) in [5, 5.41) is 20.9. The van der Waals surface area contributed by atoms with E-state index in [1.54, 1.807) is 0 Å². The third-order valence-corrected chi connectivity index (χ3v) is 5.83. The molecule has 12 heteroatoms. The largest absolute Gasteiger partial charge is 0.481 e. The van der Waals surface area contributed by atoms with Crippen LogP contribution in [0.4, 0.5) is 0 Å². The van der Waals surface area contributed by atoms with Gasteiger partial charge in [0.05, 0.1) is 6.04 Å². The monoisotopic (exact) mass is 444 g/mol. The molecule has 168 valence electrons. The van der Waals surface area contributed by atoms with Crippen LogP contribution in [-0.4, -0.2) is 92.7 Å². The van der Waals surface area contributed by atoms with E-state index in [0.29, 0.717) is 32.2 Å². The summed E-state index contributed by atoms with van der Waals surface area (Å²) in [6.07, 6.45) is 1.23. The molecule has 0 saturated carbocycles. The molecule has 0 aromatic heterocycles. The molecule has 2 aliphatic rings. The number of nitrogens with two attached hydrogens (primary N) is 1. The maximum Gasteiger partial charge on any atom is 0.326 e. The molecule has 0 aromatic rings. The van der Waals surface area contributed by atoms with Gasteiger partial charge in [-0.25, -0.2) is 4.79 Å². The Hall–Kier alpha value is -2.34. The van der Waals surface area contributed by atoms with Crippen molar-refractivity contribution in [2.45, 2.75) is 62.7 Å². The molecule has 0 bridgehead atoms. The standard InChI is InChI=1S/C18H28N4O7S/c19-10(9-30)16(26)21-7-1-3-12(21)15(25)20-11(5-6-14(23)24)17(27)22-8-2-4-13(22)18(28)29/h10-13,30H,1-9,19H2,(H,20,25)(H,23,24)(H,28,29). The fourth-order valence-electron chi connectivity index (χ4n) is 3.87. The number of nitrogens with one attached hydrogen (secondary N) is 1. The molecule has 0 aliphatic carbocycles. The molecule has 2 saturated heterocycles. The summed E-state index contributed by atoms with van der Waals surface area (Å²) in [5.41, 5.74) is 5.73. The van der Waals surface area contributed by atoms with Crippen molar-refractivity contribution in [2.24, 2.45) is 5.73 Å². The number of amides is 3. The number of carbonyl (C=O) groups excluding carboxylic acids is 3. The molecule has 3 amide bonds. The highest BCUT2D eigenvalue weighted by Gasteiger charge is 2.40. The van der Waals surface area contributed by atoms with Gasteiger partial charge in [0.25, 0.3) is 0 Å². The lowest BCUT2D eigenvalue weighted by atomic mass is 10.1. The first-order valence-electron chi connectivity index (χ1n) is 9.89. The number of hydrogen-bond acceptors (Lipinski definition) is 7. The summed E-state index contributed by atoms with van der Waals surface area (Å²) in [6, 6.07) is -3.87. The van der Waals surface area contributed by atoms with E-state index in [1.165, 1.54) is 9.80 Å². The Kier molecular flexibility index (Phi) is 8.47. The van der Waals surface area contributed by atoms with Crippen molar-refractivity contribution in [1.29, 1.82) is 0 Å². The smallest absolute Gasteiger partial charge is 0.326 e. The Morgan fingerprint density at radius 1 is 1.00 bits per heavy atom. The van der Waals surface area contributed by atoms with E-state index in [0.717, 1.165) is 0 Å². The first-order valence-corrected chi connectivity index (χ1v) is 10.5. The van der Waals surface area contributed by atoms with Gasteiger partial charge in [0.15, 0.2) is 0 Å². The van der Waals surface area contributed by atoms with Gasteiger partial charge in [-0.15, -0.1) is 0 Å². The van der Waals surface area contributed by atoms with Crippen molar-refractivity contribution in [3.05, 3.63) is 0 Å². The van der Waals surface area contributed by atoms with Crippen LogP contribution in [-0.2, 0) is 24.0 Å². The molecule has 4 unspecified atom stereocenters. The van der Waals surface area contributed by atoms with Crippen LogP contribution in [0.25, 0.3) is 0 Å². The summed E-state index contributed by atoms with van der Waals surface area (Å²) < 4.78 is 0. The number of nitrogens with zero attached hydrogens (tertiary/aromatic N) is 2. The van der Waals surface area contributed by atoms with Crippen molar-refractivity contribution in [3.63, 3.8) is 0 Å². The minimum Gasteiger partial charge on any atom is -0.481 e. The molecule has 2 rings (SSSR count). The van der Waals surface area contributed by atoms with E-state index in [9.17, 15) is 29.1 Å². The lowest BCUT2D eigenvalue weighted by molar-refractivity contribution is -0.150. The Labute approximate surface area is 179 Å². The molecule has 0 spiro atoms. The van der Waals surface area contributed by atoms with Crippen molar-refractivity contribution in [3.8, 4) is 0 Å². The Balaban J connectivity index is 2.14. The second-order valence-corrected chi connectivity index (χ2v) is 7.87. The van der Waals surface area contributed by atoms with Gasteiger partial charge in [-0.1, -0.05) is 0 Å². The summed E-state index contributed by atoms with van der Waals surface area (Å²) in [7, 11) is 0. The fourth-order valence-corrected chi connectivity index (χ4v) is 4.03. The molecule has 2 heterocycles. The number of carboxylic acids is 2. The zero-order valence-electron chi connectivity index (χ0n) is 16.5. The summed E-state index contributed by atoms with van der Waals surface area (Å²) in [6.45, 7) is 0.569. The predicted molar refractivity (Wildman–Crippen MR) is 108 cm³/mol. The number of hydrogen-bond donors (Lipinski definition) is 5. The maximum atomic E-state index is 12.9. The summed E-state index contributed by atoms with van der Waals surface area (Å²) in [5.74, 6) is -3.79. The predicted octanol–water partition coefficient (Wildman–Crippen LogP) is -1.34. The van der Waals surface area contributed by atoms with E-state index in [-0.39, 0.29) is 25.1 Å². The normalized spacial score (nSPS) is 23.1. The molecule has 2 aliphatic heterocycles. The minimum atomic E-state index is -1.19. The van der Waals surface area contributed by atoms with Gasteiger partial charge >= 0.3 is 11.9 Å². The topological polar surface area (TPSA) is 170 Å². The van der Waals surface area contributed by atoms with Gasteiger partial charge < -0.3 is 31.1 Å². The molecule has 11 nitrogen and oxygen atoms in total. The molecule has 5 N–H and O–H groups in total. The van der Waals surface area contributed by atoms with Gasteiger partial charge in [-0.3, -0.25) is 19.2 Å². The highest BCUT2D eigenvalue weighted by atomic mass is 32.1. The zero-order valence-corrected chi connectivity index (χ0v) is 17.4. The summed E-state index contributed by atoms with van der Waals surface area (Å²) in [4.78, 5) is 63.1. The van der Waals surface area contributed by atoms with Gasteiger partial charge in [0, 0.05) is 25.3 Å². The van der Waals surface area contributed by atoms with E-state index < -0.39 is 53.8 Å². The van der Waals surface area contributed by atoms with Crippen LogP contribution < -0.4 is 11.1 Å². The highest BCUT2D eigenvalue weighted by Crippen LogP contribution is 2.22. The number of rotatable bonds is 9. The fraction of sp³-hybridized carbons (Fsp3) is 0.722. The van der Waals surface area contributed by atoms with Crippen molar-refractivity contribution < 1.29 is 34.2 Å². The highest BCUT2D eigenvalue weighted by molar-refractivity contribution is 7.80. The van der Waals surface area contributed by atoms with Gasteiger partial charge in [0.1, 0.15) is 18.1 Å². The van der Waals surface area contributed by atoms with E-state index in [4.69, 9.17) is 10.8 Å². The molecule has 4 atom stereocenters. The Bertz CT molecular complexity index is 704. The second kappa shape index (κ2) is 10.6. The molecular formula is C18H28N4O7S. The van der Waals surface area contributed by atoms with Gasteiger partial charge in [-0.2, -0.15) is 12.6 Å². The first-order chi connectivity index (χ1) is 14.2. The van der Waals surface area contributed by atoms with Crippen LogP contribution in [0.15, 0.2) is 0 Å². The second-order valence-electron chi connectivity index (χ2n) is 7.50. The van der Waals surface area contributed by atoms with Crippen LogP contribution in [0.5, 0.6) is 0 Å².